The maximum absolute atomic E-state index is 12.9. The molecule has 0 atom stereocenters. The molecule has 1 saturated heterocycles. The Morgan fingerprint density at radius 1 is 1.03 bits per heavy atom. The highest BCUT2D eigenvalue weighted by Gasteiger charge is 2.27. The molecule has 2 aromatic rings. The van der Waals surface area contributed by atoms with Gasteiger partial charge in [-0.05, 0) is 74.7 Å². The van der Waals surface area contributed by atoms with E-state index in [9.17, 15) is 14.9 Å². The highest BCUT2D eigenvalue weighted by Crippen LogP contribution is 2.32. The quantitative estimate of drug-likeness (QED) is 0.392. The summed E-state index contributed by atoms with van der Waals surface area (Å²) in [5.41, 5.74) is 2.24. The molecule has 1 amide bonds. The molecule has 0 aliphatic carbocycles. The molecule has 2 aromatic carbocycles. The van der Waals surface area contributed by atoms with Gasteiger partial charge in [-0.2, -0.15) is 0 Å². The van der Waals surface area contributed by atoms with Crippen LogP contribution in [0.25, 0.3) is 0 Å². The van der Waals surface area contributed by atoms with Crippen LogP contribution in [0.3, 0.4) is 0 Å². The van der Waals surface area contributed by atoms with Crippen molar-refractivity contribution in [2.24, 2.45) is 0 Å². The van der Waals surface area contributed by atoms with Crippen LogP contribution in [0.2, 0.25) is 0 Å². The summed E-state index contributed by atoms with van der Waals surface area (Å²) in [6.07, 6.45) is 5.57. The minimum Gasteiger partial charge on any atom is -0.494 e. The lowest BCUT2D eigenvalue weighted by Crippen LogP contribution is -2.31. The maximum atomic E-state index is 12.9. The summed E-state index contributed by atoms with van der Waals surface area (Å²) < 4.78 is 5.83. The number of carbonyl (C=O) groups excluding carboxylic acids is 1. The van der Waals surface area contributed by atoms with E-state index in [1.165, 1.54) is 38.4 Å². The molecule has 158 valence electrons. The Morgan fingerprint density at radius 3 is 2.53 bits per heavy atom. The van der Waals surface area contributed by atoms with Crippen LogP contribution in [0.15, 0.2) is 42.5 Å². The fourth-order valence-electron chi connectivity index (χ4n) is 4.22. The first-order chi connectivity index (χ1) is 14.6. The lowest BCUT2D eigenvalue weighted by atomic mass is 10.1. The zero-order valence-electron chi connectivity index (χ0n) is 17.1. The summed E-state index contributed by atoms with van der Waals surface area (Å²) in [6.45, 7) is 4.67. The number of rotatable bonds is 7. The summed E-state index contributed by atoms with van der Waals surface area (Å²) >= 11 is 0. The van der Waals surface area contributed by atoms with Crippen molar-refractivity contribution in [2.75, 3.05) is 37.7 Å². The number of anilines is 1. The lowest BCUT2D eigenvalue weighted by Gasteiger charge is -2.26. The second kappa shape index (κ2) is 9.26. The molecule has 2 heterocycles. The molecular formula is C23H27N3O4. The van der Waals surface area contributed by atoms with Gasteiger partial charge in [0.2, 0.25) is 0 Å². The normalized spacial score (nSPS) is 16.3. The molecular weight excluding hydrogens is 382 g/mol. The third-order valence-electron chi connectivity index (χ3n) is 5.85. The van der Waals surface area contributed by atoms with Crippen LogP contribution < -0.4 is 9.64 Å². The zero-order chi connectivity index (χ0) is 20.9. The van der Waals surface area contributed by atoms with Gasteiger partial charge in [0, 0.05) is 36.5 Å². The Balaban J connectivity index is 1.31. The van der Waals surface area contributed by atoms with E-state index < -0.39 is 4.92 Å². The first-order valence-electron chi connectivity index (χ1n) is 10.7. The van der Waals surface area contributed by atoms with Crippen molar-refractivity contribution in [3.05, 3.63) is 63.7 Å². The monoisotopic (exact) mass is 409 g/mol. The smallest absolute Gasteiger partial charge is 0.269 e. The Labute approximate surface area is 176 Å². The van der Waals surface area contributed by atoms with E-state index in [4.69, 9.17) is 4.74 Å². The lowest BCUT2D eigenvalue weighted by molar-refractivity contribution is -0.384. The molecule has 0 bridgehead atoms. The topological polar surface area (TPSA) is 75.9 Å². The number of fused-ring (bicyclic) bond motifs is 1. The molecule has 2 aliphatic heterocycles. The van der Waals surface area contributed by atoms with E-state index in [2.05, 4.69) is 4.90 Å². The average molecular weight is 409 g/mol. The molecule has 0 N–H and O–H groups in total. The average Bonchev–Trinajstić information content (AvgIpc) is 3.20. The van der Waals surface area contributed by atoms with Crippen LogP contribution in [-0.2, 0) is 6.42 Å². The molecule has 2 aliphatic rings. The minimum absolute atomic E-state index is 0.0600. The summed E-state index contributed by atoms with van der Waals surface area (Å²) in [5, 5.41) is 11.0. The number of nitro benzene ring substituents is 1. The van der Waals surface area contributed by atoms with Gasteiger partial charge in [0.05, 0.1) is 11.5 Å². The van der Waals surface area contributed by atoms with Gasteiger partial charge in [0.1, 0.15) is 5.75 Å². The van der Waals surface area contributed by atoms with Crippen LogP contribution in [-0.4, -0.2) is 48.5 Å². The van der Waals surface area contributed by atoms with Crippen molar-refractivity contribution < 1.29 is 14.5 Å². The largest absolute Gasteiger partial charge is 0.494 e. The number of carbonyl (C=O) groups is 1. The molecule has 0 unspecified atom stereocenters. The maximum Gasteiger partial charge on any atom is 0.269 e. The second-order valence-electron chi connectivity index (χ2n) is 7.91. The van der Waals surface area contributed by atoms with Gasteiger partial charge in [0.15, 0.2) is 0 Å². The molecule has 0 spiro atoms. The molecule has 4 rings (SSSR count). The predicted molar refractivity (Wildman–Crippen MR) is 115 cm³/mol. The summed E-state index contributed by atoms with van der Waals surface area (Å²) in [7, 11) is 0. The number of non-ortho nitro benzene ring substituents is 1. The molecule has 1 fully saturated rings. The van der Waals surface area contributed by atoms with E-state index in [1.54, 1.807) is 29.2 Å². The van der Waals surface area contributed by atoms with Gasteiger partial charge in [-0.3, -0.25) is 14.9 Å². The van der Waals surface area contributed by atoms with E-state index >= 15 is 0 Å². The number of hydrogen-bond acceptors (Lipinski definition) is 5. The summed E-state index contributed by atoms with van der Waals surface area (Å²) in [5.74, 6) is 0.668. The molecule has 0 aromatic heterocycles. The van der Waals surface area contributed by atoms with E-state index in [0.717, 1.165) is 30.0 Å². The van der Waals surface area contributed by atoms with Crippen molar-refractivity contribution in [3.8, 4) is 5.75 Å². The number of piperidine rings is 1. The first-order valence-corrected chi connectivity index (χ1v) is 10.7. The van der Waals surface area contributed by atoms with Crippen LogP contribution in [0, 0.1) is 10.1 Å². The van der Waals surface area contributed by atoms with Crippen molar-refractivity contribution in [1.29, 1.82) is 0 Å². The van der Waals surface area contributed by atoms with Gasteiger partial charge >= 0.3 is 0 Å². The number of ether oxygens (including phenoxy) is 1. The first kappa shape index (κ1) is 20.3. The standard InChI is InChI=1S/C23H27N3O4/c27-23(25-15-11-19-17-20(26(28)29)7-10-22(19)25)18-5-8-21(9-6-18)30-16-4-14-24-12-2-1-3-13-24/h5-10,17H,1-4,11-16H2. The van der Waals surface area contributed by atoms with Crippen LogP contribution in [0.1, 0.15) is 41.6 Å². The van der Waals surface area contributed by atoms with E-state index in [1.807, 2.05) is 12.1 Å². The van der Waals surface area contributed by atoms with Crippen LogP contribution in [0.5, 0.6) is 5.75 Å². The highest BCUT2D eigenvalue weighted by atomic mass is 16.6. The number of hydrogen-bond donors (Lipinski definition) is 0. The van der Waals surface area contributed by atoms with Gasteiger partial charge in [-0.1, -0.05) is 6.42 Å². The number of nitrogens with zero attached hydrogens (tertiary/aromatic N) is 3. The van der Waals surface area contributed by atoms with Crippen LogP contribution >= 0.6 is 0 Å². The zero-order valence-corrected chi connectivity index (χ0v) is 17.1. The Morgan fingerprint density at radius 2 is 1.80 bits per heavy atom. The fourth-order valence-corrected chi connectivity index (χ4v) is 4.22. The summed E-state index contributed by atoms with van der Waals surface area (Å²) in [6, 6.07) is 11.9. The third-order valence-corrected chi connectivity index (χ3v) is 5.85. The molecule has 0 saturated carbocycles. The van der Waals surface area contributed by atoms with Gasteiger partial charge in [0.25, 0.3) is 11.6 Å². The summed E-state index contributed by atoms with van der Waals surface area (Å²) in [4.78, 5) is 27.7. The predicted octanol–water partition coefficient (Wildman–Crippen LogP) is 4.05. The van der Waals surface area contributed by atoms with Gasteiger partial charge < -0.3 is 14.5 Å². The Hall–Kier alpha value is -2.93. The molecule has 30 heavy (non-hydrogen) atoms. The highest BCUT2D eigenvalue weighted by molar-refractivity contribution is 6.07. The van der Waals surface area contributed by atoms with Crippen molar-refractivity contribution in [2.45, 2.75) is 32.1 Å². The van der Waals surface area contributed by atoms with Crippen LogP contribution in [0.4, 0.5) is 11.4 Å². The number of amides is 1. The molecule has 0 radical (unpaired) electrons. The van der Waals surface area contributed by atoms with Gasteiger partial charge in [-0.25, -0.2) is 0 Å². The van der Waals surface area contributed by atoms with Crippen molar-refractivity contribution in [1.82, 2.24) is 4.90 Å². The second-order valence-corrected chi connectivity index (χ2v) is 7.91. The van der Waals surface area contributed by atoms with E-state index in [-0.39, 0.29) is 11.6 Å². The van der Waals surface area contributed by atoms with Crippen molar-refractivity contribution in [3.63, 3.8) is 0 Å². The van der Waals surface area contributed by atoms with Crippen molar-refractivity contribution >= 4 is 17.3 Å². The SMILES string of the molecule is O=C(c1ccc(OCCCN2CCCCC2)cc1)N1CCc2cc([N+](=O)[O-])ccc21. The molecule has 7 nitrogen and oxygen atoms in total. The number of benzene rings is 2. The number of likely N-dealkylation sites (tertiary alicyclic amines) is 1. The Bertz CT molecular complexity index is 907. The molecule has 7 heteroatoms. The van der Waals surface area contributed by atoms with E-state index in [0.29, 0.717) is 25.1 Å². The Kier molecular flexibility index (Phi) is 6.28. The minimum atomic E-state index is -0.407. The number of nitro groups is 1. The van der Waals surface area contributed by atoms with Gasteiger partial charge in [-0.15, -0.1) is 0 Å². The fraction of sp³-hybridized carbons (Fsp3) is 0.435. The third kappa shape index (κ3) is 4.62.